The van der Waals surface area contributed by atoms with Crippen LogP contribution in [-0.2, 0) is 4.74 Å². The molecule has 0 radical (unpaired) electrons. The monoisotopic (exact) mass is 429 g/mol. The molecule has 1 amide bonds. The van der Waals surface area contributed by atoms with E-state index in [2.05, 4.69) is 9.97 Å². The smallest absolute Gasteiger partial charge is 0.278 e. The molecule has 2 aliphatic rings. The number of amides is 1. The molecule has 0 saturated carbocycles. The van der Waals surface area contributed by atoms with Crippen molar-refractivity contribution in [2.24, 2.45) is 0 Å². The fraction of sp³-hybridized carbons (Fsp3) is 0.250. The van der Waals surface area contributed by atoms with E-state index in [0.29, 0.717) is 11.3 Å². The van der Waals surface area contributed by atoms with Crippen LogP contribution < -0.4 is 10.4 Å². The minimum Gasteiger partial charge on any atom is -0.502 e. The Labute approximate surface area is 174 Å². The molecule has 2 aliphatic heterocycles. The summed E-state index contributed by atoms with van der Waals surface area (Å²) in [5.74, 6) is -3.23. The number of hydrogen-bond donors (Lipinski definition) is 2. The summed E-state index contributed by atoms with van der Waals surface area (Å²) in [4.78, 5) is 33.7. The second kappa shape index (κ2) is 7.20. The summed E-state index contributed by atoms with van der Waals surface area (Å²) in [5, 5.41) is 12.1. The third kappa shape index (κ3) is 2.96. The molecule has 0 aliphatic carbocycles. The lowest BCUT2D eigenvalue weighted by Gasteiger charge is -2.50. The van der Waals surface area contributed by atoms with Gasteiger partial charge in [-0.2, -0.15) is 0 Å². The second-order valence-electron chi connectivity index (χ2n) is 7.24. The quantitative estimate of drug-likeness (QED) is 0.646. The van der Waals surface area contributed by atoms with Crippen LogP contribution in [0.5, 0.6) is 5.75 Å². The Morgan fingerprint density at radius 1 is 1.23 bits per heavy atom. The molecule has 3 aromatic rings. The van der Waals surface area contributed by atoms with Gasteiger partial charge in [0.25, 0.3) is 5.91 Å². The first-order chi connectivity index (χ1) is 15.0. The number of rotatable bonds is 3. The van der Waals surface area contributed by atoms with E-state index in [-0.39, 0.29) is 25.5 Å². The number of ether oxygens (including phenoxy) is 1. The van der Waals surface area contributed by atoms with Gasteiger partial charge in [-0.25, -0.2) is 13.8 Å². The number of aromatic hydroxyl groups is 1. The molecule has 2 aromatic heterocycles. The van der Waals surface area contributed by atoms with Gasteiger partial charge in [-0.05, 0) is 17.7 Å². The Morgan fingerprint density at radius 3 is 2.81 bits per heavy atom. The zero-order chi connectivity index (χ0) is 21.7. The number of carbonyl (C=O) groups excluding carboxylic acids is 1. The molecule has 5 rings (SSSR count). The lowest BCUT2D eigenvalue weighted by molar-refractivity contribution is -0.0198. The number of aromatic amines is 1. The average molecular weight is 429 g/mol. The van der Waals surface area contributed by atoms with Gasteiger partial charge in [-0.15, -0.1) is 0 Å². The minimum atomic E-state index is -1.03. The van der Waals surface area contributed by atoms with Gasteiger partial charge in [0.1, 0.15) is 12.2 Å². The summed E-state index contributed by atoms with van der Waals surface area (Å²) >= 11 is 0. The molecule has 1 saturated heterocycles. The largest absolute Gasteiger partial charge is 0.502 e. The minimum absolute atomic E-state index is 0.131. The number of benzene rings is 1. The van der Waals surface area contributed by atoms with E-state index in [9.17, 15) is 23.5 Å². The molecule has 9 nitrogen and oxygen atoms in total. The number of morpholine rings is 1. The molecule has 0 bridgehead atoms. The van der Waals surface area contributed by atoms with Crippen molar-refractivity contribution >= 4 is 5.91 Å². The van der Waals surface area contributed by atoms with Gasteiger partial charge in [0.2, 0.25) is 5.43 Å². The van der Waals surface area contributed by atoms with Gasteiger partial charge in [0.15, 0.2) is 23.1 Å². The van der Waals surface area contributed by atoms with E-state index in [1.807, 2.05) is 0 Å². The highest BCUT2D eigenvalue weighted by Gasteiger charge is 2.45. The molecule has 1 fully saturated rings. The highest BCUT2D eigenvalue weighted by Crippen LogP contribution is 2.35. The zero-order valence-corrected chi connectivity index (χ0v) is 16.0. The van der Waals surface area contributed by atoms with Crippen molar-refractivity contribution in [2.45, 2.75) is 12.2 Å². The molecule has 0 unspecified atom stereocenters. The van der Waals surface area contributed by atoms with Crippen LogP contribution in [0.25, 0.3) is 0 Å². The molecular weight excluding hydrogens is 412 g/mol. The van der Waals surface area contributed by atoms with E-state index >= 15 is 0 Å². The van der Waals surface area contributed by atoms with Crippen LogP contribution in [0.2, 0.25) is 0 Å². The summed E-state index contributed by atoms with van der Waals surface area (Å²) in [7, 11) is 0. The van der Waals surface area contributed by atoms with Crippen molar-refractivity contribution < 1.29 is 23.4 Å². The predicted octanol–water partition coefficient (Wildman–Crippen LogP) is 1.09. The Bertz CT molecular complexity index is 1210. The summed E-state index contributed by atoms with van der Waals surface area (Å²) < 4.78 is 34.8. The van der Waals surface area contributed by atoms with Crippen molar-refractivity contribution in [1.82, 2.24) is 19.5 Å². The van der Waals surface area contributed by atoms with Crippen molar-refractivity contribution in [1.29, 1.82) is 0 Å². The summed E-state index contributed by atoms with van der Waals surface area (Å²) in [5.41, 5.74) is -0.0166. The maximum Gasteiger partial charge on any atom is 0.278 e. The van der Waals surface area contributed by atoms with Gasteiger partial charge in [0.05, 0.1) is 31.4 Å². The van der Waals surface area contributed by atoms with Crippen molar-refractivity contribution in [3.63, 3.8) is 0 Å². The topological polar surface area (TPSA) is 104 Å². The normalized spacial score (nSPS) is 19.2. The van der Waals surface area contributed by atoms with Gasteiger partial charge in [0, 0.05) is 18.8 Å². The van der Waals surface area contributed by atoms with Crippen LogP contribution in [0.4, 0.5) is 8.78 Å². The Kier molecular flexibility index (Phi) is 4.47. The molecule has 31 heavy (non-hydrogen) atoms. The lowest BCUT2D eigenvalue weighted by Crippen LogP contribution is -2.66. The maximum absolute atomic E-state index is 14.2. The average Bonchev–Trinajstić information content (AvgIpc) is 3.30. The van der Waals surface area contributed by atoms with Crippen LogP contribution in [0.1, 0.15) is 27.8 Å². The van der Waals surface area contributed by atoms with E-state index in [4.69, 9.17) is 4.74 Å². The molecule has 4 heterocycles. The van der Waals surface area contributed by atoms with Crippen LogP contribution >= 0.6 is 0 Å². The third-order valence-corrected chi connectivity index (χ3v) is 5.51. The van der Waals surface area contributed by atoms with Crippen LogP contribution in [0, 0.1) is 11.6 Å². The van der Waals surface area contributed by atoms with Gasteiger partial charge >= 0.3 is 0 Å². The standard InChI is InChI=1S/C20H17F2N5O4/c21-12-2-1-11(7-13(12)22)17(14-8-23-10-24-14)27-16-9-31-6-5-25(16)20(30)18-19(29)15(28)3-4-26(18)27/h1-4,7-8,10,16-17,29H,5-6,9H2,(H,23,24)/t16-,17+/m1/s1. The number of nitrogens with zero attached hydrogens (tertiary/aromatic N) is 4. The van der Waals surface area contributed by atoms with E-state index in [1.54, 1.807) is 5.01 Å². The van der Waals surface area contributed by atoms with Crippen molar-refractivity contribution in [3.05, 3.63) is 81.8 Å². The van der Waals surface area contributed by atoms with Gasteiger partial charge < -0.3 is 19.7 Å². The Balaban J connectivity index is 1.77. The highest BCUT2D eigenvalue weighted by atomic mass is 19.2. The lowest BCUT2D eigenvalue weighted by atomic mass is 10.0. The Hall–Kier alpha value is -3.73. The molecule has 1 aromatic carbocycles. The van der Waals surface area contributed by atoms with Crippen LogP contribution in [0.3, 0.4) is 0 Å². The molecule has 160 valence electrons. The first kappa shape index (κ1) is 19.2. The highest BCUT2D eigenvalue weighted by molar-refractivity contribution is 5.96. The fourth-order valence-electron chi connectivity index (χ4n) is 4.10. The number of aromatic nitrogens is 3. The first-order valence-corrected chi connectivity index (χ1v) is 9.52. The second-order valence-corrected chi connectivity index (χ2v) is 7.24. The maximum atomic E-state index is 14.2. The van der Waals surface area contributed by atoms with Gasteiger partial charge in [-0.3, -0.25) is 19.3 Å². The van der Waals surface area contributed by atoms with E-state index < -0.39 is 40.9 Å². The SMILES string of the molecule is O=C1c2c(O)c(=O)ccn2N([C@@H](c2ccc(F)c(F)c2)c2cnc[nH]2)[C@@H]2COCCN12. The number of hydrogen-bond acceptors (Lipinski definition) is 6. The fourth-order valence-corrected chi connectivity index (χ4v) is 4.10. The third-order valence-electron chi connectivity index (χ3n) is 5.51. The van der Waals surface area contributed by atoms with Crippen molar-refractivity contribution in [3.8, 4) is 5.75 Å². The first-order valence-electron chi connectivity index (χ1n) is 9.52. The number of pyridine rings is 1. The van der Waals surface area contributed by atoms with E-state index in [0.717, 1.165) is 18.2 Å². The van der Waals surface area contributed by atoms with Crippen LogP contribution in [0.15, 0.2) is 47.8 Å². The molecule has 0 spiro atoms. The number of imidazole rings is 1. The van der Waals surface area contributed by atoms with E-state index in [1.165, 1.54) is 34.4 Å². The predicted molar refractivity (Wildman–Crippen MR) is 103 cm³/mol. The summed E-state index contributed by atoms with van der Waals surface area (Å²) in [6.45, 7) is 0.649. The molecule has 2 N–H and O–H groups in total. The number of H-pyrrole nitrogens is 1. The summed E-state index contributed by atoms with van der Waals surface area (Å²) in [6, 6.07) is 3.86. The molecule has 2 atom stereocenters. The number of carbonyl (C=O) groups is 1. The number of fused-ring (bicyclic) bond motifs is 2. The van der Waals surface area contributed by atoms with Crippen LogP contribution in [-0.4, -0.2) is 56.5 Å². The van der Waals surface area contributed by atoms with Gasteiger partial charge in [-0.1, -0.05) is 6.07 Å². The number of halogens is 2. The molecular formula is C20H17F2N5O4. The summed E-state index contributed by atoms with van der Waals surface area (Å²) in [6.07, 6.45) is 3.69. The molecule has 11 heteroatoms. The zero-order valence-electron chi connectivity index (χ0n) is 16.0. The Morgan fingerprint density at radius 2 is 2.06 bits per heavy atom. The van der Waals surface area contributed by atoms with Crippen molar-refractivity contribution in [2.75, 3.05) is 24.8 Å². The number of nitrogens with one attached hydrogen (secondary N) is 1.